The van der Waals surface area contributed by atoms with E-state index in [1.54, 1.807) is 34.9 Å². The summed E-state index contributed by atoms with van der Waals surface area (Å²) in [7, 11) is 0. The van der Waals surface area contributed by atoms with Gasteiger partial charge in [-0.3, -0.25) is 19.2 Å². The second kappa shape index (κ2) is 9.97. The van der Waals surface area contributed by atoms with Gasteiger partial charge in [0, 0.05) is 37.0 Å². The lowest BCUT2D eigenvalue weighted by molar-refractivity contribution is -0.139. The molecule has 0 bridgehead atoms. The van der Waals surface area contributed by atoms with E-state index < -0.39 is 0 Å². The van der Waals surface area contributed by atoms with Crippen molar-refractivity contribution in [2.24, 2.45) is 17.6 Å². The minimum absolute atomic E-state index is 0.0880. The van der Waals surface area contributed by atoms with Gasteiger partial charge in [0.15, 0.2) is 0 Å². The highest BCUT2D eigenvalue weighted by atomic mass is 32.2. The first-order chi connectivity index (χ1) is 17.4. The van der Waals surface area contributed by atoms with E-state index in [0.717, 1.165) is 23.4 Å². The molecule has 36 heavy (non-hydrogen) atoms. The highest BCUT2D eigenvalue weighted by molar-refractivity contribution is 7.98. The molecule has 4 amide bonds. The maximum absolute atomic E-state index is 13.5. The second-order valence-electron chi connectivity index (χ2n) is 9.63. The monoisotopic (exact) mass is 506 g/mol. The Morgan fingerprint density at radius 3 is 2.31 bits per heavy atom. The Bertz CT molecular complexity index is 1210. The highest BCUT2D eigenvalue weighted by Gasteiger charge is 2.40. The van der Waals surface area contributed by atoms with E-state index in [1.165, 1.54) is 4.90 Å². The molecule has 3 aliphatic heterocycles. The van der Waals surface area contributed by atoms with Gasteiger partial charge in [-0.25, -0.2) is 4.90 Å². The number of nitrogens with two attached hydrogens (primary N) is 1. The van der Waals surface area contributed by atoms with Gasteiger partial charge in [-0.05, 0) is 68.3 Å². The summed E-state index contributed by atoms with van der Waals surface area (Å²) in [6.45, 7) is 2.30. The molecule has 2 saturated heterocycles. The fraction of sp³-hybridized carbons (Fsp3) is 0.407. The van der Waals surface area contributed by atoms with Gasteiger partial charge in [-0.1, -0.05) is 6.07 Å². The molecule has 0 radical (unpaired) electrons. The van der Waals surface area contributed by atoms with Crippen LogP contribution in [-0.2, 0) is 9.59 Å². The third-order valence-corrected chi connectivity index (χ3v) is 8.29. The van der Waals surface area contributed by atoms with Crippen LogP contribution >= 0.6 is 11.8 Å². The average Bonchev–Trinajstić information content (AvgIpc) is 3.18. The number of hydrogen-bond acceptors (Lipinski definition) is 6. The number of anilines is 2. The summed E-state index contributed by atoms with van der Waals surface area (Å²) < 4.78 is 0. The van der Waals surface area contributed by atoms with Crippen LogP contribution in [0.25, 0.3) is 0 Å². The molecule has 0 spiro atoms. The fourth-order valence-corrected chi connectivity index (χ4v) is 5.94. The third kappa shape index (κ3) is 4.36. The quantitative estimate of drug-likeness (QED) is 0.494. The molecule has 2 fully saturated rings. The third-order valence-electron chi connectivity index (χ3n) is 7.54. The van der Waals surface area contributed by atoms with Crippen molar-refractivity contribution in [1.82, 2.24) is 4.90 Å². The Kier molecular flexibility index (Phi) is 6.75. The molecule has 0 saturated carbocycles. The minimum Gasteiger partial charge on any atom is -0.371 e. The van der Waals surface area contributed by atoms with Crippen molar-refractivity contribution in [2.45, 2.75) is 30.6 Å². The number of amides is 4. The number of hydrogen-bond donors (Lipinski definition) is 1. The maximum atomic E-state index is 13.5. The van der Waals surface area contributed by atoms with E-state index in [1.807, 2.05) is 30.5 Å². The summed E-state index contributed by atoms with van der Waals surface area (Å²) >= 11 is 1.60. The highest BCUT2D eigenvalue weighted by Crippen LogP contribution is 2.37. The first kappa shape index (κ1) is 24.4. The molecular weight excluding hydrogens is 476 g/mol. The van der Waals surface area contributed by atoms with Gasteiger partial charge < -0.3 is 15.5 Å². The molecule has 2 aromatic rings. The molecule has 3 heterocycles. The summed E-state index contributed by atoms with van der Waals surface area (Å²) in [6, 6.07) is 12.8. The molecule has 8 nitrogen and oxygen atoms in total. The van der Waals surface area contributed by atoms with E-state index in [0.29, 0.717) is 55.8 Å². The molecular formula is C27H30N4O4S. The van der Waals surface area contributed by atoms with Crippen LogP contribution in [-0.4, -0.2) is 61.0 Å². The SMILES string of the molecule is CSc1ccc(N2C(=O)c3cccc(N4CCC(C(=O)N5CCC[C@H](C(N)=O)C5)CC4)c3C2=O)cc1. The molecule has 2 N–H and O–H groups in total. The molecule has 0 aromatic heterocycles. The van der Waals surface area contributed by atoms with E-state index in [4.69, 9.17) is 5.73 Å². The van der Waals surface area contributed by atoms with Gasteiger partial charge >= 0.3 is 0 Å². The van der Waals surface area contributed by atoms with Crippen LogP contribution in [0.5, 0.6) is 0 Å². The average molecular weight is 507 g/mol. The number of benzene rings is 2. The number of likely N-dealkylation sites (tertiary alicyclic amines) is 1. The van der Waals surface area contributed by atoms with E-state index in [2.05, 4.69) is 4.90 Å². The van der Waals surface area contributed by atoms with Gasteiger partial charge in [-0.2, -0.15) is 0 Å². The number of primary amides is 1. The fourth-order valence-electron chi connectivity index (χ4n) is 5.53. The summed E-state index contributed by atoms with van der Waals surface area (Å²) in [5, 5.41) is 0. The summed E-state index contributed by atoms with van der Waals surface area (Å²) in [4.78, 5) is 57.6. The standard InChI is InChI=1S/C27H30N4O4S/c1-36-20-9-7-19(8-10-20)31-26(34)21-5-2-6-22(23(21)27(31)35)29-14-11-17(12-15-29)25(33)30-13-3-4-18(16-30)24(28)32/h2,5-10,17-18H,3-4,11-16H2,1H3,(H2,28,32)/t18-/m0/s1. The van der Waals surface area contributed by atoms with Crippen LogP contribution < -0.4 is 15.5 Å². The predicted octanol–water partition coefficient (Wildman–Crippen LogP) is 3.15. The first-order valence-corrected chi connectivity index (χ1v) is 13.6. The molecule has 3 aliphatic rings. The van der Waals surface area contributed by atoms with E-state index in [9.17, 15) is 19.2 Å². The van der Waals surface area contributed by atoms with Crippen molar-refractivity contribution in [1.29, 1.82) is 0 Å². The van der Waals surface area contributed by atoms with Crippen molar-refractivity contribution >= 4 is 46.8 Å². The predicted molar refractivity (Wildman–Crippen MR) is 139 cm³/mol. The van der Waals surface area contributed by atoms with Crippen LogP contribution in [0, 0.1) is 11.8 Å². The van der Waals surface area contributed by atoms with Crippen molar-refractivity contribution in [2.75, 3.05) is 42.2 Å². The van der Waals surface area contributed by atoms with Crippen LogP contribution in [0.2, 0.25) is 0 Å². The zero-order chi connectivity index (χ0) is 25.4. The molecule has 2 aromatic carbocycles. The number of thioether (sulfide) groups is 1. The Morgan fingerprint density at radius 2 is 1.64 bits per heavy atom. The summed E-state index contributed by atoms with van der Waals surface area (Å²) in [5.41, 5.74) is 7.62. The summed E-state index contributed by atoms with van der Waals surface area (Å²) in [6.07, 6.45) is 4.82. The number of imide groups is 1. The first-order valence-electron chi connectivity index (χ1n) is 12.4. The Labute approximate surface area is 214 Å². The minimum atomic E-state index is -0.339. The normalized spacial score (nSPS) is 20.6. The number of carbonyl (C=O) groups is 4. The zero-order valence-corrected chi connectivity index (χ0v) is 21.1. The summed E-state index contributed by atoms with van der Waals surface area (Å²) in [5.74, 6) is -1.26. The van der Waals surface area contributed by atoms with Crippen molar-refractivity contribution in [3.63, 3.8) is 0 Å². The second-order valence-corrected chi connectivity index (χ2v) is 10.5. The van der Waals surface area contributed by atoms with Crippen molar-refractivity contribution < 1.29 is 19.2 Å². The van der Waals surface area contributed by atoms with Crippen LogP contribution in [0.4, 0.5) is 11.4 Å². The van der Waals surface area contributed by atoms with Crippen LogP contribution in [0.1, 0.15) is 46.4 Å². The van der Waals surface area contributed by atoms with Gasteiger partial charge in [0.25, 0.3) is 11.8 Å². The number of piperidine rings is 2. The van der Waals surface area contributed by atoms with Gasteiger partial charge in [0.05, 0.1) is 28.4 Å². The lowest BCUT2D eigenvalue weighted by Crippen LogP contribution is -2.48. The Balaban J connectivity index is 1.30. The largest absolute Gasteiger partial charge is 0.371 e. The Morgan fingerprint density at radius 1 is 0.917 bits per heavy atom. The maximum Gasteiger partial charge on any atom is 0.268 e. The lowest BCUT2D eigenvalue weighted by atomic mass is 9.91. The van der Waals surface area contributed by atoms with Crippen LogP contribution in [0.3, 0.4) is 0 Å². The molecule has 9 heteroatoms. The number of carbonyl (C=O) groups excluding carboxylic acids is 4. The molecule has 188 valence electrons. The molecule has 5 rings (SSSR count). The van der Waals surface area contributed by atoms with Gasteiger partial charge in [-0.15, -0.1) is 11.8 Å². The van der Waals surface area contributed by atoms with E-state index >= 15 is 0 Å². The molecule has 0 unspecified atom stereocenters. The molecule has 0 aliphatic carbocycles. The smallest absolute Gasteiger partial charge is 0.268 e. The number of fused-ring (bicyclic) bond motifs is 1. The Hall–Kier alpha value is -3.33. The van der Waals surface area contributed by atoms with Crippen molar-refractivity contribution in [3.8, 4) is 0 Å². The zero-order valence-electron chi connectivity index (χ0n) is 20.3. The van der Waals surface area contributed by atoms with Gasteiger partial charge in [0.2, 0.25) is 11.8 Å². The lowest BCUT2D eigenvalue weighted by Gasteiger charge is -2.38. The number of nitrogens with zero attached hydrogens (tertiary/aromatic N) is 3. The van der Waals surface area contributed by atoms with Crippen molar-refractivity contribution in [3.05, 3.63) is 53.6 Å². The van der Waals surface area contributed by atoms with E-state index in [-0.39, 0.29) is 35.5 Å². The van der Waals surface area contributed by atoms with Gasteiger partial charge in [0.1, 0.15) is 0 Å². The topological polar surface area (TPSA) is 104 Å². The number of rotatable bonds is 5. The van der Waals surface area contributed by atoms with Crippen LogP contribution in [0.15, 0.2) is 47.4 Å². The molecule has 1 atom stereocenters.